The van der Waals surface area contributed by atoms with Crippen molar-refractivity contribution in [1.82, 2.24) is 0 Å². The Morgan fingerprint density at radius 3 is 2.76 bits per heavy atom. The molecule has 3 nitrogen and oxygen atoms in total. The highest BCUT2D eigenvalue weighted by molar-refractivity contribution is 9.10. The topological polar surface area (TPSA) is 55.1 Å². The van der Waals surface area contributed by atoms with E-state index in [0.29, 0.717) is 23.0 Å². The molecular formula is C12H16BrClN2O. The summed E-state index contributed by atoms with van der Waals surface area (Å²) in [6, 6.07) is 4.72. The molecule has 1 aromatic carbocycles. The molecule has 0 heterocycles. The average molecular weight is 320 g/mol. The summed E-state index contributed by atoms with van der Waals surface area (Å²) in [6.07, 6.45) is 0.657. The zero-order valence-corrected chi connectivity index (χ0v) is 12.2. The van der Waals surface area contributed by atoms with Crippen molar-refractivity contribution >= 4 is 39.1 Å². The van der Waals surface area contributed by atoms with Gasteiger partial charge in [0.05, 0.1) is 11.7 Å². The van der Waals surface area contributed by atoms with Crippen LogP contribution >= 0.6 is 27.5 Å². The largest absolute Gasteiger partial charge is 0.324 e. The van der Waals surface area contributed by atoms with Gasteiger partial charge in [-0.25, -0.2) is 0 Å². The minimum absolute atomic E-state index is 0.193. The van der Waals surface area contributed by atoms with Crippen molar-refractivity contribution in [3.8, 4) is 0 Å². The summed E-state index contributed by atoms with van der Waals surface area (Å²) < 4.78 is 0.784. The van der Waals surface area contributed by atoms with Gasteiger partial charge in [0.15, 0.2) is 0 Å². The quantitative estimate of drug-likeness (QED) is 0.893. The number of rotatable bonds is 4. The third-order valence-corrected chi connectivity index (χ3v) is 3.17. The van der Waals surface area contributed by atoms with E-state index < -0.39 is 6.04 Å². The van der Waals surface area contributed by atoms with E-state index in [1.165, 1.54) is 0 Å². The van der Waals surface area contributed by atoms with Gasteiger partial charge in [-0.3, -0.25) is 4.79 Å². The van der Waals surface area contributed by atoms with Gasteiger partial charge in [0.25, 0.3) is 0 Å². The Morgan fingerprint density at radius 1 is 1.53 bits per heavy atom. The molecule has 1 rings (SSSR count). The van der Waals surface area contributed by atoms with Gasteiger partial charge in [-0.15, -0.1) is 0 Å². The molecule has 0 spiro atoms. The summed E-state index contributed by atoms with van der Waals surface area (Å²) in [6.45, 7) is 4.06. The van der Waals surface area contributed by atoms with E-state index >= 15 is 0 Å². The summed E-state index contributed by atoms with van der Waals surface area (Å²) >= 11 is 9.21. The number of nitrogens with two attached hydrogens (primary N) is 1. The first-order chi connectivity index (χ1) is 7.90. The smallest absolute Gasteiger partial charge is 0.241 e. The van der Waals surface area contributed by atoms with E-state index in [-0.39, 0.29) is 5.91 Å². The first-order valence-corrected chi connectivity index (χ1v) is 6.58. The lowest BCUT2D eigenvalue weighted by Gasteiger charge is -2.15. The third kappa shape index (κ3) is 4.66. The molecule has 0 aliphatic carbocycles. The van der Waals surface area contributed by atoms with Crippen LogP contribution in [-0.4, -0.2) is 11.9 Å². The molecule has 0 aliphatic heterocycles. The SMILES string of the molecule is CC(C)C[C@H](N)C(=O)Nc1cc(Cl)ccc1Br. The number of amides is 1. The van der Waals surface area contributed by atoms with Crippen molar-refractivity contribution in [2.24, 2.45) is 11.7 Å². The van der Waals surface area contributed by atoms with Crippen LogP contribution < -0.4 is 11.1 Å². The Morgan fingerprint density at radius 2 is 2.18 bits per heavy atom. The monoisotopic (exact) mass is 318 g/mol. The molecule has 1 atom stereocenters. The van der Waals surface area contributed by atoms with Gasteiger partial charge < -0.3 is 11.1 Å². The van der Waals surface area contributed by atoms with E-state index in [4.69, 9.17) is 17.3 Å². The fourth-order valence-corrected chi connectivity index (χ4v) is 1.95. The van der Waals surface area contributed by atoms with Gasteiger partial charge in [0.2, 0.25) is 5.91 Å². The van der Waals surface area contributed by atoms with Crippen LogP contribution in [0.1, 0.15) is 20.3 Å². The molecule has 0 fully saturated rings. The van der Waals surface area contributed by atoms with Crippen molar-refractivity contribution < 1.29 is 4.79 Å². The molecule has 0 unspecified atom stereocenters. The standard InChI is InChI=1S/C12H16BrClN2O/c1-7(2)5-10(15)12(17)16-11-6-8(14)3-4-9(11)13/h3-4,6-7,10H,5,15H2,1-2H3,(H,16,17)/t10-/m0/s1. The number of nitrogens with one attached hydrogen (secondary N) is 1. The lowest BCUT2D eigenvalue weighted by atomic mass is 10.0. The van der Waals surface area contributed by atoms with Gasteiger partial charge in [0, 0.05) is 9.50 Å². The summed E-state index contributed by atoms with van der Waals surface area (Å²) in [5.74, 6) is 0.195. The predicted molar refractivity (Wildman–Crippen MR) is 75.2 cm³/mol. The first-order valence-electron chi connectivity index (χ1n) is 5.41. The van der Waals surface area contributed by atoms with E-state index in [1.807, 2.05) is 13.8 Å². The highest BCUT2D eigenvalue weighted by atomic mass is 79.9. The third-order valence-electron chi connectivity index (χ3n) is 2.25. The van der Waals surface area contributed by atoms with Crippen molar-refractivity contribution in [3.05, 3.63) is 27.7 Å². The van der Waals surface area contributed by atoms with E-state index in [2.05, 4.69) is 21.2 Å². The summed E-state index contributed by atoms with van der Waals surface area (Å²) in [4.78, 5) is 11.8. The van der Waals surface area contributed by atoms with E-state index in [1.54, 1.807) is 18.2 Å². The number of hydrogen-bond acceptors (Lipinski definition) is 2. The molecular weight excluding hydrogens is 304 g/mol. The number of hydrogen-bond donors (Lipinski definition) is 2. The Balaban J connectivity index is 2.70. The number of benzene rings is 1. The van der Waals surface area contributed by atoms with Gasteiger partial charge in [-0.1, -0.05) is 25.4 Å². The maximum Gasteiger partial charge on any atom is 0.241 e. The summed E-state index contributed by atoms with van der Waals surface area (Å²) in [7, 11) is 0. The van der Waals surface area contributed by atoms with Crippen LogP contribution in [0.4, 0.5) is 5.69 Å². The zero-order valence-electron chi connectivity index (χ0n) is 9.84. The molecule has 0 saturated heterocycles. The Bertz CT molecular complexity index is 409. The van der Waals surface area contributed by atoms with Crippen molar-refractivity contribution in [2.75, 3.05) is 5.32 Å². The fourth-order valence-electron chi connectivity index (χ4n) is 1.43. The second-order valence-corrected chi connectivity index (χ2v) is 5.64. The molecule has 0 radical (unpaired) electrons. The van der Waals surface area contributed by atoms with E-state index in [0.717, 1.165) is 4.47 Å². The molecule has 94 valence electrons. The fraction of sp³-hybridized carbons (Fsp3) is 0.417. The number of carbonyl (C=O) groups is 1. The molecule has 0 aromatic heterocycles. The van der Waals surface area contributed by atoms with Crippen LogP contribution in [0.3, 0.4) is 0 Å². The highest BCUT2D eigenvalue weighted by Gasteiger charge is 2.16. The molecule has 1 aromatic rings. The molecule has 0 bridgehead atoms. The molecule has 17 heavy (non-hydrogen) atoms. The molecule has 0 aliphatic rings. The predicted octanol–water partition coefficient (Wildman–Crippen LogP) is 3.41. The van der Waals surface area contributed by atoms with Crippen molar-refractivity contribution in [1.29, 1.82) is 0 Å². The van der Waals surface area contributed by atoms with Crippen LogP contribution in [0.25, 0.3) is 0 Å². The lowest BCUT2D eigenvalue weighted by molar-refractivity contribution is -0.117. The molecule has 3 N–H and O–H groups in total. The second kappa shape index (κ2) is 6.38. The Kier molecular flexibility index (Phi) is 5.43. The second-order valence-electron chi connectivity index (χ2n) is 4.35. The highest BCUT2D eigenvalue weighted by Crippen LogP contribution is 2.26. The summed E-state index contributed by atoms with van der Waals surface area (Å²) in [5.41, 5.74) is 6.43. The van der Waals surface area contributed by atoms with Gasteiger partial charge in [-0.05, 0) is 46.5 Å². The van der Waals surface area contributed by atoms with Crippen LogP contribution in [0.5, 0.6) is 0 Å². The van der Waals surface area contributed by atoms with Crippen LogP contribution in [0.15, 0.2) is 22.7 Å². The molecule has 1 amide bonds. The Labute approximate surface area is 115 Å². The maximum absolute atomic E-state index is 11.8. The Hall–Kier alpha value is -0.580. The number of halogens is 2. The zero-order chi connectivity index (χ0) is 13.0. The number of anilines is 1. The number of carbonyl (C=O) groups excluding carboxylic acids is 1. The van der Waals surface area contributed by atoms with Gasteiger partial charge >= 0.3 is 0 Å². The summed E-state index contributed by atoms with van der Waals surface area (Å²) in [5, 5.41) is 3.33. The first kappa shape index (κ1) is 14.5. The van der Waals surface area contributed by atoms with Gasteiger partial charge in [-0.2, -0.15) is 0 Å². The van der Waals surface area contributed by atoms with Gasteiger partial charge in [0.1, 0.15) is 0 Å². The molecule has 5 heteroatoms. The van der Waals surface area contributed by atoms with Crippen molar-refractivity contribution in [3.63, 3.8) is 0 Å². The average Bonchev–Trinajstić information content (AvgIpc) is 2.22. The van der Waals surface area contributed by atoms with Crippen LogP contribution in [0.2, 0.25) is 5.02 Å². The minimum atomic E-state index is -0.499. The van der Waals surface area contributed by atoms with Crippen LogP contribution in [0, 0.1) is 5.92 Å². The molecule has 0 saturated carbocycles. The normalized spacial score (nSPS) is 12.6. The van der Waals surface area contributed by atoms with Crippen LogP contribution in [-0.2, 0) is 4.79 Å². The van der Waals surface area contributed by atoms with Crippen molar-refractivity contribution in [2.45, 2.75) is 26.3 Å². The lowest BCUT2D eigenvalue weighted by Crippen LogP contribution is -2.36. The maximum atomic E-state index is 11.8. The minimum Gasteiger partial charge on any atom is -0.324 e. The van der Waals surface area contributed by atoms with E-state index in [9.17, 15) is 4.79 Å².